The summed E-state index contributed by atoms with van der Waals surface area (Å²) in [7, 11) is 0. The van der Waals surface area contributed by atoms with Gasteiger partial charge in [-0.15, -0.1) is 28.1 Å². The normalized spacial score (nSPS) is 11.0. The predicted octanol–water partition coefficient (Wildman–Crippen LogP) is 6.03. The van der Waals surface area contributed by atoms with Crippen LogP contribution in [0.1, 0.15) is 30.9 Å². The third-order valence-corrected chi connectivity index (χ3v) is 7.00. The number of thiazole rings is 1. The Morgan fingerprint density at radius 2 is 2.06 bits per heavy atom. The maximum atomic E-state index is 12.4. The smallest absolute Gasteiger partial charge is 0.230 e. The number of aromatic nitrogens is 4. The number of nitrogens with zero attached hydrogens (tertiary/aromatic N) is 5. The average molecular weight is 480 g/mol. The van der Waals surface area contributed by atoms with Gasteiger partial charge in [0, 0.05) is 24.6 Å². The molecule has 7 nitrogen and oxygen atoms in total. The second-order valence-corrected chi connectivity index (χ2v) is 9.16. The van der Waals surface area contributed by atoms with Gasteiger partial charge in [-0.3, -0.25) is 14.3 Å². The first kappa shape index (κ1) is 23.0. The van der Waals surface area contributed by atoms with Crippen LogP contribution in [0, 0.1) is 6.92 Å². The first-order valence-corrected chi connectivity index (χ1v) is 12.4. The van der Waals surface area contributed by atoms with E-state index in [4.69, 9.17) is 9.40 Å². The summed E-state index contributed by atoms with van der Waals surface area (Å²) in [5.74, 6) is 2.08. The molecular formula is C24H25N5O2S2. The first-order chi connectivity index (χ1) is 16.0. The molecule has 0 saturated carbocycles. The molecular weight excluding hydrogens is 454 g/mol. The Morgan fingerprint density at radius 1 is 1.27 bits per heavy atom. The van der Waals surface area contributed by atoms with Crippen molar-refractivity contribution in [3.8, 4) is 11.4 Å². The number of carbonyl (C=O) groups excluding carboxylic acids is 1. The van der Waals surface area contributed by atoms with Crippen LogP contribution < -0.4 is 4.90 Å². The molecule has 0 aliphatic rings. The minimum Gasteiger partial charge on any atom is -0.469 e. The molecule has 3 aromatic heterocycles. The molecule has 0 atom stereocenters. The molecule has 4 rings (SSSR count). The number of thioether (sulfide) groups is 1. The van der Waals surface area contributed by atoms with Crippen LogP contribution in [0.3, 0.4) is 0 Å². The number of carbonyl (C=O) groups is 1. The van der Waals surface area contributed by atoms with Crippen LogP contribution in [0.25, 0.3) is 11.4 Å². The molecule has 0 fully saturated rings. The lowest BCUT2D eigenvalue weighted by atomic mass is 10.1. The first-order valence-electron chi connectivity index (χ1n) is 10.6. The molecule has 0 aliphatic heterocycles. The van der Waals surface area contributed by atoms with Gasteiger partial charge in [-0.05, 0) is 37.1 Å². The lowest BCUT2D eigenvalue weighted by Gasteiger charge is -2.18. The number of benzene rings is 1. The maximum Gasteiger partial charge on any atom is 0.230 e. The van der Waals surface area contributed by atoms with Crippen LogP contribution in [0.5, 0.6) is 0 Å². The van der Waals surface area contributed by atoms with E-state index in [1.165, 1.54) is 16.9 Å². The molecule has 0 N–H and O–H groups in total. The van der Waals surface area contributed by atoms with E-state index in [9.17, 15) is 4.79 Å². The van der Waals surface area contributed by atoms with Crippen molar-refractivity contribution in [3.05, 3.63) is 71.6 Å². The summed E-state index contributed by atoms with van der Waals surface area (Å²) < 4.78 is 7.44. The Labute approximate surface area is 201 Å². The largest absolute Gasteiger partial charge is 0.469 e. The molecule has 170 valence electrons. The quantitative estimate of drug-likeness (QED) is 0.215. The van der Waals surface area contributed by atoms with Crippen LogP contribution >= 0.6 is 23.1 Å². The average Bonchev–Trinajstić information content (AvgIpc) is 3.53. The van der Waals surface area contributed by atoms with E-state index < -0.39 is 0 Å². The highest BCUT2D eigenvalue weighted by atomic mass is 32.2. The van der Waals surface area contributed by atoms with Crippen molar-refractivity contribution in [2.45, 2.75) is 44.6 Å². The van der Waals surface area contributed by atoms with Gasteiger partial charge in [0.15, 0.2) is 16.1 Å². The maximum absolute atomic E-state index is 12.4. The SMILES string of the molecule is C=CCn1c(SCc2csc(N(C(C)=O)c3ccc(CC)cc3)n2)nnc1-c1ccoc1C. The molecule has 0 bridgehead atoms. The molecule has 1 aromatic carbocycles. The van der Waals surface area contributed by atoms with Crippen molar-refractivity contribution in [2.75, 3.05) is 4.90 Å². The molecule has 0 aliphatic carbocycles. The van der Waals surface area contributed by atoms with Crippen LogP contribution in [0.15, 0.2) is 64.2 Å². The standard InChI is InChI=1S/C24H25N5O2S2/c1-5-12-28-22(21-11-13-31-16(21)3)26-27-24(28)33-15-19-14-32-23(25-19)29(17(4)30)20-9-7-18(6-2)8-10-20/h5,7-11,13-14H,1,6,12,15H2,2-4H3. The lowest BCUT2D eigenvalue weighted by molar-refractivity contribution is -0.115. The van der Waals surface area contributed by atoms with Gasteiger partial charge in [0.1, 0.15) is 5.76 Å². The molecule has 1 amide bonds. The molecule has 9 heteroatoms. The summed E-state index contributed by atoms with van der Waals surface area (Å²) in [5, 5.41) is 12.2. The Hall–Kier alpha value is -3.17. The minimum atomic E-state index is -0.0707. The number of furan rings is 1. The van der Waals surface area contributed by atoms with Gasteiger partial charge in [-0.25, -0.2) is 4.98 Å². The van der Waals surface area contributed by atoms with Gasteiger partial charge in [0.25, 0.3) is 0 Å². The van der Waals surface area contributed by atoms with Crippen LogP contribution in [0.4, 0.5) is 10.8 Å². The van der Waals surface area contributed by atoms with Gasteiger partial charge in [-0.2, -0.15) is 0 Å². The van der Waals surface area contributed by atoms with E-state index in [0.717, 1.165) is 40.1 Å². The zero-order valence-electron chi connectivity index (χ0n) is 18.8. The third kappa shape index (κ3) is 4.94. The Morgan fingerprint density at radius 3 is 2.70 bits per heavy atom. The van der Waals surface area contributed by atoms with Crippen molar-refractivity contribution in [1.29, 1.82) is 0 Å². The molecule has 0 radical (unpaired) electrons. The Kier molecular flexibility index (Phi) is 7.10. The highest BCUT2D eigenvalue weighted by Crippen LogP contribution is 2.32. The van der Waals surface area contributed by atoms with Crippen LogP contribution in [0.2, 0.25) is 0 Å². The zero-order chi connectivity index (χ0) is 23.4. The molecule has 33 heavy (non-hydrogen) atoms. The van der Waals surface area contributed by atoms with Gasteiger partial charge in [-0.1, -0.05) is 36.9 Å². The van der Waals surface area contributed by atoms with Crippen molar-refractivity contribution < 1.29 is 9.21 Å². The topological polar surface area (TPSA) is 77.1 Å². The second kappa shape index (κ2) is 10.2. The van der Waals surface area contributed by atoms with E-state index in [1.54, 1.807) is 29.8 Å². The predicted molar refractivity (Wildman–Crippen MR) is 133 cm³/mol. The van der Waals surface area contributed by atoms with Crippen molar-refractivity contribution >= 4 is 39.8 Å². The van der Waals surface area contributed by atoms with Gasteiger partial charge in [0.05, 0.1) is 23.2 Å². The van der Waals surface area contributed by atoms with E-state index in [1.807, 2.05) is 53.3 Å². The molecule has 4 aromatic rings. The van der Waals surface area contributed by atoms with Crippen LogP contribution in [-0.4, -0.2) is 25.7 Å². The molecule has 0 saturated heterocycles. The summed E-state index contributed by atoms with van der Waals surface area (Å²) >= 11 is 3.00. The van der Waals surface area contributed by atoms with Gasteiger partial charge < -0.3 is 4.42 Å². The lowest BCUT2D eigenvalue weighted by Crippen LogP contribution is -2.22. The number of rotatable bonds is 9. The van der Waals surface area contributed by atoms with Crippen molar-refractivity contribution in [3.63, 3.8) is 0 Å². The highest BCUT2D eigenvalue weighted by molar-refractivity contribution is 7.98. The second-order valence-electron chi connectivity index (χ2n) is 7.38. The fourth-order valence-corrected chi connectivity index (χ4v) is 5.25. The van der Waals surface area contributed by atoms with Gasteiger partial charge in [0.2, 0.25) is 5.91 Å². The van der Waals surface area contributed by atoms with E-state index in [-0.39, 0.29) is 5.91 Å². The van der Waals surface area contributed by atoms with E-state index in [0.29, 0.717) is 17.4 Å². The molecule has 0 unspecified atom stereocenters. The number of anilines is 2. The monoisotopic (exact) mass is 479 g/mol. The highest BCUT2D eigenvalue weighted by Gasteiger charge is 2.20. The third-order valence-electron chi connectivity index (χ3n) is 5.13. The Balaban J connectivity index is 1.53. The van der Waals surface area contributed by atoms with E-state index in [2.05, 4.69) is 23.7 Å². The Bertz CT molecular complexity index is 1260. The van der Waals surface area contributed by atoms with Crippen molar-refractivity contribution in [1.82, 2.24) is 19.7 Å². The molecule has 3 heterocycles. The fourth-order valence-electron chi connectivity index (χ4n) is 3.42. The number of aryl methyl sites for hydroxylation is 2. The summed E-state index contributed by atoms with van der Waals surface area (Å²) in [6.07, 6.45) is 4.43. The summed E-state index contributed by atoms with van der Waals surface area (Å²) in [4.78, 5) is 18.8. The van der Waals surface area contributed by atoms with E-state index >= 15 is 0 Å². The molecule has 0 spiro atoms. The summed E-state index contributed by atoms with van der Waals surface area (Å²) in [5.41, 5.74) is 3.84. The minimum absolute atomic E-state index is 0.0707. The van der Waals surface area contributed by atoms with Crippen molar-refractivity contribution in [2.24, 2.45) is 0 Å². The number of amides is 1. The summed E-state index contributed by atoms with van der Waals surface area (Å²) in [6.45, 7) is 10.0. The van der Waals surface area contributed by atoms with Crippen LogP contribution in [-0.2, 0) is 23.5 Å². The van der Waals surface area contributed by atoms with Gasteiger partial charge >= 0.3 is 0 Å². The number of allylic oxidation sites excluding steroid dienone is 1. The fraction of sp³-hybridized carbons (Fsp3) is 0.250. The number of hydrogen-bond donors (Lipinski definition) is 0. The number of hydrogen-bond acceptors (Lipinski definition) is 7. The summed E-state index contributed by atoms with van der Waals surface area (Å²) in [6, 6.07) is 9.91. The zero-order valence-corrected chi connectivity index (χ0v) is 20.4.